The molecule has 4 rings (SSSR count). The van der Waals surface area contributed by atoms with Crippen LogP contribution in [0.4, 0.5) is 5.82 Å². The SMILES string of the molecule is CC1=Nc2ccnn2C(c2ccc(Cl)c(Cl)c2)C1C(=O)N1CCCCCCC1. The van der Waals surface area contributed by atoms with Crippen LogP contribution in [0.1, 0.15) is 50.6 Å². The lowest BCUT2D eigenvalue weighted by Crippen LogP contribution is -2.45. The Bertz CT molecular complexity index is 900. The summed E-state index contributed by atoms with van der Waals surface area (Å²) < 4.78 is 1.83. The summed E-state index contributed by atoms with van der Waals surface area (Å²) in [7, 11) is 0. The number of rotatable bonds is 2. The summed E-state index contributed by atoms with van der Waals surface area (Å²) in [6.45, 7) is 3.55. The molecule has 1 aromatic carbocycles. The zero-order chi connectivity index (χ0) is 19.7. The first kappa shape index (κ1) is 19.5. The minimum absolute atomic E-state index is 0.125. The van der Waals surface area contributed by atoms with Gasteiger partial charge >= 0.3 is 0 Å². The van der Waals surface area contributed by atoms with Crippen LogP contribution in [0.25, 0.3) is 0 Å². The average Bonchev–Trinajstić information content (AvgIpc) is 3.10. The van der Waals surface area contributed by atoms with E-state index >= 15 is 0 Å². The Kier molecular flexibility index (Phi) is 5.74. The molecule has 5 nitrogen and oxygen atoms in total. The molecule has 0 aliphatic carbocycles. The highest BCUT2D eigenvalue weighted by atomic mass is 35.5. The van der Waals surface area contributed by atoms with E-state index in [2.05, 4.69) is 10.1 Å². The second kappa shape index (κ2) is 8.26. The van der Waals surface area contributed by atoms with Gasteiger partial charge in [-0.05, 0) is 37.5 Å². The number of aromatic nitrogens is 2. The molecular weight excluding hydrogens is 395 g/mol. The van der Waals surface area contributed by atoms with Crippen molar-refractivity contribution in [3.63, 3.8) is 0 Å². The molecule has 2 aromatic rings. The van der Waals surface area contributed by atoms with Crippen molar-refractivity contribution in [1.29, 1.82) is 0 Å². The summed E-state index contributed by atoms with van der Waals surface area (Å²) >= 11 is 12.4. The van der Waals surface area contributed by atoms with Gasteiger partial charge in [0.25, 0.3) is 0 Å². The third kappa shape index (κ3) is 3.70. The Balaban J connectivity index is 1.74. The molecule has 1 amide bonds. The predicted octanol–water partition coefficient (Wildman–Crippen LogP) is 5.29. The van der Waals surface area contributed by atoms with Gasteiger partial charge in [0.1, 0.15) is 5.92 Å². The van der Waals surface area contributed by atoms with E-state index in [4.69, 9.17) is 23.2 Å². The highest BCUT2D eigenvalue weighted by Crippen LogP contribution is 2.39. The van der Waals surface area contributed by atoms with Crippen molar-refractivity contribution in [1.82, 2.24) is 14.7 Å². The fraction of sp³-hybridized carbons (Fsp3) is 0.476. The van der Waals surface area contributed by atoms with Gasteiger partial charge < -0.3 is 4.90 Å². The maximum absolute atomic E-state index is 13.6. The van der Waals surface area contributed by atoms with Gasteiger partial charge in [-0.2, -0.15) is 5.10 Å². The maximum atomic E-state index is 13.6. The number of likely N-dealkylation sites (tertiary alicyclic amines) is 1. The topological polar surface area (TPSA) is 50.5 Å². The summed E-state index contributed by atoms with van der Waals surface area (Å²) in [5.74, 6) is 0.481. The van der Waals surface area contributed by atoms with Crippen LogP contribution in [0.2, 0.25) is 10.0 Å². The number of carbonyl (C=O) groups is 1. The van der Waals surface area contributed by atoms with Crippen molar-refractivity contribution in [2.24, 2.45) is 10.9 Å². The predicted molar refractivity (Wildman–Crippen MR) is 113 cm³/mol. The lowest BCUT2D eigenvalue weighted by atomic mass is 9.86. The van der Waals surface area contributed by atoms with Crippen LogP contribution in [0.15, 0.2) is 35.5 Å². The molecule has 2 atom stereocenters. The molecule has 0 radical (unpaired) electrons. The number of halogens is 2. The molecule has 2 unspecified atom stereocenters. The van der Waals surface area contributed by atoms with Crippen molar-refractivity contribution < 1.29 is 4.79 Å². The van der Waals surface area contributed by atoms with Gasteiger partial charge in [-0.25, -0.2) is 9.67 Å². The van der Waals surface area contributed by atoms with Crippen LogP contribution in [0.5, 0.6) is 0 Å². The van der Waals surface area contributed by atoms with Crippen LogP contribution >= 0.6 is 23.2 Å². The molecule has 1 aromatic heterocycles. The van der Waals surface area contributed by atoms with E-state index in [0.29, 0.717) is 10.0 Å². The van der Waals surface area contributed by atoms with Crippen LogP contribution in [-0.4, -0.2) is 39.4 Å². The van der Waals surface area contributed by atoms with Crippen LogP contribution in [0.3, 0.4) is 0 Å². The molecular formula is C21H24Cl2N4O. The van der Waals surface area contributed by atoms with Crippen molar-refractivity contribution in [3.05, 3.63) is 46.1 Å². The second-order valence-corrected chi connectivity index (χ2v) is 8.39. The first-order valence-electron chi connectivity index (χ1n) is 9.88. The summed E-state index contributed by atoms with van der Waals surface area (Å²) in [5.41, 5.74) is 1.73. The van der Waals surface area contributed by atoms with Crippen LogP contribution in [-0.2, 0) is 4.79 Å². The van der Waals surface area contributed by atoms with Gasteiger partial charge in [0.2, 0.25) is 5.91 Å². The summed E-state index contributed by atoms with van der Waals surface area (Å²) in [5, 5.41) is 5.45. The minimum Gasteiger partial charge on any atom is -0.342 e. The minimum atomic E-state index is -0.399. The van der Waals surface area contributed by atoms with E-state index in [9.17, 15) is 4.79 Å². The maximum Gasteiger partial charge on any atom is 0.233 e. The second-order valence-electron chi connectivity index (χ2n) is 7.58. The van der Waals surface area contributed by atoms with E-state index in [1.54, 1.807) is 12.3 Å². The number of fused-ring (bicyclic) bond motifs is 1. The molecule has 148 valence electrons. The smallest absolute Gasteiger partial charge is 0.233 e. The van der Waals surface area contributed by atoms with Gasteiger partial charge in [-0.15, -0.1) is 0 Å². The van der Waals surface area contributed by atoms with Crippen LogP contribution < -0.4 is 0 Å². The Hall–Kier alpha value is -1.85. The van der Waals surface area contributed by atoms with Crippen molar-refractivity contribution in [3.8, 4) is 0 Å². The fourth-order valence-corrected chi connectivity index (χ4v) is 4.54. The lowest BCUT2D eigenvalue weighted by Gasteiger charge is -2.35. The molecule has 1 fully saturated rings. The van der Waals surface area contributed by atoms with Gasteiger partial charge in [0.05, 0.1) is 22.3 Å². The number of hydrogen-bond donors (Lipinski definition) is 0. The fourth-order valence-electron chi connectivity index (χ4n) is 4.24. The molecule has 1 saturated heterocycles. The van der Waals surface area contributed by atoms with Gasteiger partial charge in [-0.1, -0.05) is 48.5 Å². The Morgan fingerprint density at radius 2 is 1.75 bits per heavy atom. The molecule has 0 spiro atoms. The monoisotopic (exact) mass is 418 g/mol. The van der Waals surface area contributed by atoms with E-state index in [1.807, 2.05) is 34.7 Å². The summed E-state index contributed by atoms with van der Waals surface area (Å²) in [6, 6.07) is 7.13. The number of aliphatic imine (C=N–C) groups is 1. The van der Waals surface area contributed by atoms with E-state index in [0.717, 1.165) is 43.0 Å². The number of amides is 1. The zero-order valence-corrected chi connectivity index (χ0v) is 17.5. The molecule has 2 aliphatic rings. The Labute approximate surface area is 175 Å². The van der Waals surface area contributed by atoms with Crippen LogP contribution in [0, 0.1) is 5.92 Å². The summed E-state index contributed by atoms with van der Waals surface area (Å²) in [6.07, 6.45) is 7.45. The normalized spacial score (nSPS) is 22.8. The van der Waals surface area contributed by atoms with E-state index in [1.165, 1.54) is 19.3 Å². The quantitative estimate of drug-likeness (QED) is 0.664. The molecule has 28 heavy (non-hydrogen) atoms. The first-order chi connectivity index (χ1) is 13.6. The highest BCUT2D eigenvalue weighted by molar-refractivity contribution is 6.42. The molecule has 0 N–H and O–H groups in total. The van der Waals surface area contributed by atoms with E-state index < -0.39 is 5.92 Å². The highest BCUT2D eigenvalue weighted by Gasteiger charge is 2.40. The standard InChI is InChI=1S/C21H24Cl2N4O/c1-14-19(21(28)26-11-5-3-2-4-6-12-26)20(27-18(25-14)9-10-24-27)15-7-8-16(22)17(23)13-15/h7-10,13,19-20H,2-6,11-12H2,1H3. The number of carbonyl (C=O) groups excluding carboxylic acids is 1. The van der Waals surface area contributed by atoms with Gasteiger partial charge in [0.15, 0.2) is 5.82 Å². The summed E-state index contributed by atoms with van der Waals surface area (Å²) in [4.78, 5) is 20.3. The number of hydrogen-bond acceptors (Lipinski definition) is 3. The Morgan fingerprint density at radius 3 is 2.46 bits per heavy atom. The van der Waals surface area contributed by atoms with Gasteiger partial charge in [-0.3, -0.25) is 4.79 Å². The molecule has 0 saturated carbocycles. The third-order valence-electron chi connectivity index (χ3n) is 5.69. The lowest BCUT2D eigenvalue weighted by molar-refractivity contribution is -0.134. The first-order valence-corrected chi connectivity index (χ1v) is 10.6. The van der Waals surface area contributed by atoms with Crippen molar-refractivity contribution in [2.75, 3.05) is 13.1 Å². The van der Waals surface area contributed by atoms with Crippen molar-refractivity contribution in [2.45, 2.75) is 45.1 Å². The van der Waals surface area contributed by atoms with Gasteiger partial charge in [0, 0.05) is 24.9 Å². The molecule has 7 heteroatoms. The average molecular weight is 419 g/mol. The van der Waals surface area contributed by atoms with E-state index in [-0.39, 0.29) is 11.9 Å². The molecule has 2 aliphatic heterocycles. The number of benzene rings is 1. The number of nitrogens with zero attached hydrogens (tertiary/aromatic N) is 4. The largest absolute Gasteiger partial charge is 0.342 e. The molecule has 3 heterocycles. The van der Waals surface area contributed by atoms with Crippen molar-refractivity contribution >= 4 is 40.6 Å². The third-order valence-corrected chi connectivity index (χ3v) is 6.43. The zero-order valence-electron chi connectivity index (χ0n) is 15.9. The molecule has 0 bridgehead atoms. The Morgan fingerprint density at radius 1 is 1.04 bits per heavy atom.